The number of aromatic nitrogens is 4. The van der Waals surface area contributed by atoms with E-state index in [1.54, 1.807) is 0 Å². The molecule has 1 aromatic carbocycles. The second-order valence-electron chi connectivity index (χ2n) is 8.79. The van der Waals surface area contributed by atoms with Gasteiger partial charge in [0.2, 0.25) is 0 Å². The van der Waals surface area contributed by atoms with Crippen molar-refractivity contribution in [3.63, 3.8) is 0 Å². The van der Waals surface area contributed by atoms with Crippen molar-refractivity contribution in [2.45, 2.75) is 45.2 Å². The fraction of sp³-hybridized carbons (Fsp3) is 0.522. The van der Waals surface area contributed by atoms with Crippen LogP contribution in [0.3, 0.4) is 0 Å². The zero-order valence-electron chi connectivity index (χ0n) is 17.7. The minimum atomic E-state index is -0.0699. The Morgan fingerprint density at radius 2 is 1.93 bits per heavy atom. The Hall–Kier alpha value is -2.51. The number of rotatable bonds is 4. The lowest BCUT2D eigenvalue weighted by Crippen LogP contribution is -2.23. The molecule has 0 spiro atoms. The number of ether oxygens (including phenoxy) is 1. The van der Waals surface area contributed by atoms with Crippen LogP contribution >= 0.6 is 0 Å². The van der Waals surface area contributed by atoms with E-state index in [0.717, 1.165) is 62.9 Å². The van der Waals surface area contributed by atoms with Crippen molar-refractivity contribution < 1.29 is 4.74 Å². The van der Waals surface area contributed by atoms with E-state index in [0.29, 0.717) is 11.3 Å². The smallest absolute Gasteiger partial charge is 0.262 e. The minimum absolute atomic E-state index is 0.0699. The monoisotopic (exact) mass is 407 g/mol. The Kier molecular flexibility index (Phi) is 5.16. The third-order valence-electron chi connectivity index (χ3n) is 6.58. The van der Waals surface area contributed by atoms with Crippen LogP contribution in [0, 0.1) is 12.8 Å². The number of likely N-dealkylation sites (tertiary alicyclic amines) is 1. The van der Waals surface area contributed by atoms with Crippen LogP contribution in [0.5, 0.6) is 0 Å². The number of aryl methyl sites for hydroxylation is 1. The first-order valence-corrected chi connectivity index (χ1v) is 10.9. The van der Waals surface area contributed by atoms with E-state index >= 15 is 0 Å². The second kappa shape index (κ2) is 7.96. The summed E-state index contributed by atoms with van der Waals surface area (Å²) in [5, 5.41) is 5.32. The third-order valence-corrected chi connectivity index (χ3v) is 6.58. The Labute approximate surface area is 176 Å². The van der Waals surface area contributed by atoms with Crippen molar-refractivity contribution >= 4 is 11.0 Å². The largest absolute Gasteiger partial charge is 0.381 e. The van der Waals surface area contributed by atoms with Gasteiger partial charge in [-0.1, -0.05) is 37.3 Å². The summed E-state index contributed by atoms with van der Waals surface area (Å²) in [5.74, 6) is 1.43. The van der Waals surface area contributed by atoms with Crippen LogP contribution in [0.15, 0.2) is 35.1 Å². The van der Waals surface area contributed by atoms with E-state index in [1.807, 2.05) is 17.7 Å². The van der Waals surface area contributed by atoms with Gasteiger partial charge in [-0.25, -0.2) is 9.67 Å². The Morgan fingerprint density at radius 1 is 1.17 bits per heavy atom. The number of aromatic amines is 1. The first-order valence-electron chi connectivity index (χ1n) is 10.9. The summed E-state index contributed by atoms with van der Waals surface area (Å²) in [6, 6.07) is 10.8. The zero-order valence-corrected chi connectivity index (χ0v) is 17.7. The lowest BCUT2D eigenvalue weighted by Gasteiger charge is -2.23. The van der Waals surface area contributed by atoms with Gasteiger partial charge in [0.25, 0.3) is 5.56 Å². The van der Waals surface area contributed by atoms with E-state index in [-0.39, 0.29) is 17.5 Å². The van der Waals surface area contributed by atoms with E-state index in [1.165, 1.54) is 5.56 Å². The Bertz CT molecular complexity index is 1080. The predicted molar refractivity (Wildman–Crippen MR) is 116 cm³/mol. The highest BCUT2D eigenvalue weighted by Crippen LogP contribution is 2.32. The number of fused-ring (bicyclic) bond motifs is 1. The number of hydrogen-bond donors (Lipinski definition) is 1. The van der Waals surface area contributed by atoms with Crippen molar-refractivity contribution in [3.8, 4) is 0 Å². The summed E-state index contributed by atoms with van der Waals surface area (Å²) in [6.45, 7) is 8.43. The molecule has 4 heterocycles. The molecule has 2 saturated heterocycles. The van der Waals surface area contributed by atoms with Gasteiger partial charge in [0, 0.05) is 38.8 Å². The predicted octanol–water partition coefficient (Wildman–Crippen LogP) is 3.02. The molecule has 2 aliphatic rings. The Morgan fingerprint density at radius 3 is 2.70 bits per heavy atom. The zero-order chi connectivity index (χ0) is 20.7. The molecule has 2 atom stereocenters. The Balaban J connectivity index is 1.46. The number of nitrogens with one attached hydrogen (secondary N) is 1. The van der Waals surface area contributed by atoms with Crippen LogP contribution in [0.4, 0.5) is 0 Å². The van der Waals surface area contributed by atoms with Gasteiger partial charge in [0.05, 0.1) is 11.7 Å². The summed E-state index contributed by atoms with van der Waals surface area (Å²) in [7, 11) is 0. The SMILES string of the molecule is Cc1nn(C2CCOCC2)c2nc([C@@H]3CN(Cc4ccccc4)C[C@H]3C)[nH]c(=O)c12. The normalized spacial score (nSPS) is 23.4. The third kappa shape index (κ3) is 3.56. The van der Waals surface area contributed by atoms with E-state index in [2.05, 4.69) is 41.1 Å². The van der Waals surface area contributed by atoms with Gasteiger partial charge >= 0.3 is 0 Å². The summed E-state index contributed by atoms with van der Waals surface area (Å²) in [4.78, 5) is 23.5. The molecule has 2 aliphatic heterocycles. The highest BCUT2D eigenvalue weighted by atomic mass is 16.5. The first-order chi connectivity index (χ1) is 14.6. The molecule has 2 fully saturated rings. The van der Waals surface area contributed by atoms with Crippen LogP contribution in [0.1, 0.15) is 48.8 Å². The van der Waals surface area contributed by atoms with Gasteiger partial charge in [0.1, 0.15) is 11.2 Å². The molecule has 0 radical (unpaired) electrons. The van der Waals surface area contributed by atoms with Crippen molar-refractivity contribution in [2.24, 2.45) is 5.92 Å². The van der Waals surface area contributed by atoms with Crippen LogP contribution in [-0.4, -0.2) is 51.0 Å². The molecule has 3 aromatic rings. The molecule has 0 amide bonds. The lowest BCUT2D eigenvalue weighted by atomic mass is 9.97. The van der Waals surface area contributed by atoms with Crippen molar-refractivity contribution in [1.82, 2.24) is 24.6 Å². The molecule has 30 heavy (non-hydrogen) atoms. The lowest BCUT2D eigenvalue weighted by molar-refractivity contribution is 0.0672. The van der Waals surface area contributed by atoms with Gasteiger partial charge in [-0.15, -0.1) is 0 Å². The van der Waals surface area contributed by atoms with Gasteiger partial charge in [0.15, 0.2) is 5.65 Å². The second-order valence-corrected chi connectivity index (χ2v) is 8.79. The minimum Gasteiger partial charge on any atom is -0.381 e. The van der Waals surface area contributed by atoms with Crippen molar-refractivity contribution in [1.29, 1.82) is 0 Å². The number of H-pyrrole nitrogens is 1. The van der Waals surface area contributed by atoms with Gasteiger partial charge in [-0.3, -0.25) is 9.69 Å². The number of benzene rings is 1. The summed E-state index contributed by atoms with van der Waals surface area (Å²) in [6.07, 6.45) is 1.81. The summed E-state index contributed by atoms with van der Waals surface area (Å²) in [5.41, 5.74) is 2.73. The van der Waals surface area contributed by atoms with E-state index in [9.17, 15) is 4.79 Å². The average molecular weight is 408 g/mol. The standard InChI is InChI=1S/C23H29N5O2/c1-15-12-27(13-17-6-4-3-5-7-17)14-19(15)21-24-22-20(23(29)25-21)16(2)26-28(22)18-8-10-30-11-9-18/h3-7,15,18-19H,8-14H2,1-2H3,(H,24,25,29)/t15-,19-/m1/s1. The van der Waals surface area contributed by atoms with Gasteiger partial charge in [-0.05, 0) is 31.2 Å². The first kappa shape index (κ1) is 19.5. The van der Waals surface area contributed by atoms with E-state index in [4.69, 9.17) is 14.8 Å². The molecule has 0 unspecified atom stereocenters. The molecule has 1 N–H and O–H groups in total. The summed E-state index contributed by atoms with van der Waals surface area (Å²) >= 11 is 0. The van der Waals surface area contributed by atoms with Crippen molar-refractivity contribution in [2.75, 3.05) is 26.3 Å². The number of hydrogen-bond acceptors (Lipinski definition) is 5. The van der Waals surface area contributed by atoms with Crippen LogP contribution in [0.2, 0.25) is 0 Å². The topological polar surface area (TPSA) is 76.0 Å². The fourth-order valence-corrected chi connectivity index (χ4v) is 4.98. The molecular weight excluding hydrogens is 378 g/mol. The molecule has 158 valence electrons. The van der Waals surface area contributed by atoms with Crippen molar-refractivity contribution in [3.05, 3.63) is 57.8 Å². The molecule has 2 aromatic heterocycles. The molecule has 5 rings (SSSR count). The highest BCUT2D eigenvalue weighted by Gasteiger charge is 2.33. The number of nitrogens with zero attached hydrogens (tertiary/aromatic N) is 4. The molecule has 7 heteroatoms. The fourth-order valence-electron chi connectivity index (χ4n) is 4.98. The highest BCUT2D eigenvalue weighted by molar-refractivity contribution is 5.77. The molecule has 7 nitrogen and oxygen atoms in total. The molecule has 0 aliphatic carbocycles. The van der Waals surface area contributed by atoms with Crippen LogP contribution in [-0.2, 0) is 11.3 Å². The maximum Gasteiger partial charge on any atom is 0.262 e. The molecular formula is C23H29N5O2. The maximum absolute atomic E-state index is 13.0. The molecule has 0 bridgehead atoms. The van der Waals surface area contributed by atoms with Crippen LogP contribution in [0.25, 0.3) is 11.0 Å². The molecule has 0 saturated carbocycles. The maximum atomic E-state index is 13.0. The summed E-state index contributed by atoms with van der Waals surface area (Å²) < 4.78 is 7.49. The average Bonchev–Trinajstić information content (AvgIpc) is 3.29. The van der Waals surface area contributed by atoms with E-state index < -0.39 is 0 Å². The van der Waals surface area contributed by atoms with Gasteiger partial charge < -0.3 is 9.72 Å². The van der Waals surface area contributed by atoms with Gasteiger partial charge in [-0.2, -0.15) is 5.10 Å². The quantitative estimate of drug-likeness (QED) is 0.720. The van der Waals surface area contributed by atoms with Crippen LogP contribution < -0.4 is 5.56 Å².